The van der Waals surface area contributed by atoms with E-state index in [0.717, 1.165) is 16.9 Å². The lowest BCUT2D eigenvalue weighted by Gasteiger charge is -2.10. The van der Waals surface area contributed by atoms with Crippen molar-refractivity contribution in [1.29, 1.82) is 0 Å². The molecule has 0 saturated carbocycles. The van der Waals surface area contributed by atoms with Crippen molar-refractivity contribution >= 4 is 34.0 Å². The van der Waals surface area contributed by atoms with E-state index in [-0.39, 0.29) is 0 Å². The standard InChI is InChI=1S/C15H15Cl2NO2S/c1-20-14-5-2-10(6-11(14)8-18)9-21(19)15-7-12(16)3-4-13(15)17/h2-7H,8-9,18H2,1H3. The average Bonchev–Trinajstić information content (AvgIpc) is 2.49. The zero-order valence-electron chi connectivity index (χ0n) is 11.4. The van der Waals surface area contributed by atoms with Crippen LogP contribution in [0.25, 0.3) is 0 Å². The number of rotatable bonds is 5. The summed E-state index contributed by atoms with van der Waals surface area (Å²) >= 11 is 12.0. The summed E-state index contributed by atoms with van der Waals surface area (Å²) in [5, 5.41) is 0.963. The van der Waals surface area contributed by atoms with Crippen molar-refractivity contribution < 1.29 is 8.95 Å². The molecule has 2 N–H and O–H groups in total. The fourth-order valence-electron chi connectivity index (χ4n) is 1.96. The molecule has 0 bridgehead atoms. The van der Waals surface area contributed by atoms with Crippen LogP contribution in [0.3, 0.4) is 0 Å². The predicted octanol–water partition coefficient (Wildman–Crippen LogP) is 3.77. The molecule has 21 heavy (non-hydrogen) atoms. The highest BCUT2D eigenvalue weighted by molar-refractivity contribution is 7.84. The van der Waals surface area contributed by atoms with Gasteiger partial charge in [0.2, 0.25) is 0 Å². The van der Waals surface area contributed by atoms with Gasteiger partial charge in [-0.15, -0.1) is 0 Å². The Kier molecular flexibility index (Phi) is 5.65. The molecule has 112 valence electrons. The molecule has 2 aromatic rings. The summed E-state index contributed by atoms with van der Waals surface area (Å²) in [6, 6.07) is 10.5. The summed E-state index contributed by atoms with van der Waals surface area (Å²) in [5.41, 5.74) is 7.47. The molecule has 0 aliphatic heterocycles. The predicted molar refractivity (Wildman–Crippen MR) is 87.5 cm³/mol. The Bertz CT molecular complexity index is 677. The Morgan fingerprint density at radius 1 is 1.19 bits per heavy atom. The average molecular weight is 344 g/mol. The van der Waals surface area contributed by atoms with Crippen LogP contribution in [0.5, 0.6) is 5.75 Å². The van der Waals surface area contributed by atoms with Gasteiger partial charge in [-0.3, -0.25) is 4.21 Å². The SMILES string of the molecule is COc1ccc(CS(=O)c2cc(Cl)ccc2Cl)cc1CN. The number of halogens is 2. The summed E-state index contributed by atoms with van der Waals surface area (Å²) in [5.74, 6) is 1.07. The van der Waals surface area contributed by atoms with Crippen LogP contribution in [0.15, 0.2) is 41.3 Å². The van der Waals surface area contributed by atoms with Crippen LogP contribution in [-0.4, -0.2) is 11.3 Å². The molecule has 3 nitrogen and oxygen atoms in total. The molecule has 0 fully saturated rings. The first-order valence-corrected chi connectivity index (χ1v) is 8.32. The van der Waals surface area contributed by atoms with Gasteiger partial charge < -0.3 is 10.5 Å². The molecule has 6 heteroatoms. The fourth-order valence-corrected chi connectivity index (χ4v) is 3.76. The maximum Gasteiger partial charge on any atom is 0.123 e. The summed E-state index contributed by atoms with van der Waals surface area (Å²) in [4.78, 5) is 0.536. The topological polar surface area (TPSA) is 52.3 Å². The van der Waals surface area contributed by atoms with E-state index in [1.54, 1.807) is 25.3 Å². The van der Waals surface area contributed by atoms with Crippen molar-refractivity contribution in [3.8, 4) is 5.75 Å². The zero-order chi connectivity index (χ0) is 15.4. The minimum atomic E-state index is -1.27. The van der Waals surface area contributed by atoms with Crippen LogP contribution in [-0.2, 0) is 23.1 Å². The molecule has 0 aromatic heterocycles. The lowest BCUT2D eigenvalue weighted by molar-refractivity contribution is 0.409. The van der Waals surface area contributed by atoms with Crippen LogP contribution in [0.4, 0.5) is 0 Å². The first kappa shape index (κ1) is 16.3. The molecule has 0 aliphatic carbocycles. The number of nitrogens with two attached hydrogens (primary N) is 1. The zero-order valence-corrected chi connectivity index (χ0v) is 13.8. The van der Waals surface area contributed by atoms with E-state index in [4.69, 9.17) is 33.7 Å². The molecular formula is C15H15Cl2NO2S. The number of hydrogen-bond acceptors (Lipinski definition) is 3. The minimum Gasteiger partial charge on any atom is -0.496 e. The Balaban J connectivity index is 2.25. The minimum absolute atomic E-state index is 0.344. The van der Waals surface area contributed by atoms with E-state index in [1.165, 1.54) is 0 Å². The maximum absolute atomic E-state index is 12.4. The van der Waals surface area contributed by atoms with E-state index >= 15 is 0 Å². The summed E-state index contributed by atoms with van der Waals surface area (Å²) in [7, 11) is 0.322. The summed E-state index contributed by atoms with van der Waals surface area (Å²) in [6.07, 6.45) is 0. The van der Waals surface area contributed by atoms with E-state index in [9.17, 15) is 4.21 Å². The first-order valence-electron chi connectivity index (χ1n) is 6.24. The molecule has 0 radical (unpaired) electrons. The van der Waals surface area contributed by atoms with Gasteiger partial charge >= 0.3 is 0 Å². The molecule has 0 aliphatic rings. The largest absolute Gasteiger partial charge is 0.496 e. The van der Waals surface area contributed by atoms with Crippen LogP contribution < -0.4 is 10.5 Å². The second-order valence-corrected chi connectivity index (χ2v) is 6.68. The maximum atomic E-state index is 12.4. The number of hydrogen-bond donors (Lipinski definition) is 1. The van der Waals surface area contributed by atoms with Gasteiger partial charge in [0.25, 0.3) is 0 Å². The summed E-state index contributed by atoms with van der Waals surface area (Å²) in [6.45, 7) is 0.363. The molecule has 1 atom stereocenters. The second-order valence-electron chi connectivity index (χ2n) is 4.41. The molecule has 2 rings (SSSR count). The van der Waals surface area contributed by atoms with Crippen LogP contribution in [0.1, 0.15) is 11.1 Å². The molecule has 1 unspecified atom stereocenters. The van der Waals surface area contributed by atoms with Crippen LogP contribution >= 0.6 is 23.2 Å². The second kappa shape index (κ2) is 7.27. The van der Waals surface area contributed by atoms with Gasteiger partial charge in [-0.2, -0.15) is 0 Å². The Hall–Kier alpha value is -1.07. The quantitative estimate of drug-likeness (QED) is 0.898. The van der Waals surface area contributed by atoms with Crippen molar-refractivity contribution in [3.63, 3.8) is 0 Å². The molecule has 0 spiro atoms. The number of benzene rings is 2. The third kappa shape index (κ3) is 3.98. The smallest absolute Gasteiger partial charge is 0.123 e. The molecule has 0 saturated heterocycles. The Morgan fingerprint density at radius 3 is 2.62 bits per heavy atom. The normalized spacial score (nSPS) is 12.2. The van der Waals surface area contributed by atoms with Crippen molar-refractivity contribution in [2.24, 2.45) is 5.73 Å². The van der Waals surface area contributed by atoms with Gasteiger partial charge in [-0.25, -0.2) is 0 Å². The first-order chi connectivity index (χ1) is 10.0. The summed E-state index contributed by atoms with van der Waals surface area (Å²) < 4.78 is 17.7. The van der Waals surface area contributed by atoms with Gasteiger partial charge in [-0.1, -0.05) is 29.3 Å². The number of methoxy groups -OCH3 is 1. The molecule has 0 amide bonds. The third-order valence-corrected chi connectivity index (χ3v) is 5.10. The lowest BCUT2D eigenvalue weighted by Crippen LogP contribution is -2.03. The molecular weight excluding hydrogens is 329 g/mol. The fraction of sp³-hybridized carbons (Fsp3) is 0.200. The van der Waals surface area contributed by atoms with E-state index < -0.39 is 10.8 Å². The van der Waals surface area contributed by atoms with Crippen molar-refractivity contribution in [3.05, 3.63) is 57.6 Å². The van der Waals surface area contributed by atoms with Crippen LogP contribution in [0, 0.1) is 0 Å². The van der Waals surface area contributed by atoms with Gasteiger partial charge in [-0.05, 0) is 35.9 Å². The highest BCUT2D eigenvalue weighted by Gasteiger charge is 2.12. The Labute approximate surface area is 136 Å². The highest BCUT2D eigenvalue weighted by Crippen LogP contribution is 2.26. The van der Waals surface area contributed by atoms with Crippen molar-refractivity contribution in [2.45, 2.75) is 17.2 Å². The molecule has 2 aromatic carbocycles. The van der Waals surface area contributed by atoms with Gasteiger partial charge in [0, 0.05) is 17.1 Å². The van der Waals surface area contributed by atoms with Gasteiger partial charge in [0.05, 0.1) is 33.6 Å². The van der Waals surface area contributed by atoms with E-state index in [1.807, 2.05) is 18.2 Å². The third-order valence-electron chi connectivity index (χ3n) is 3.00. The lowest BCUT2D eigenvalue weighted by atomic mass is 10.1. The van der Waals surface area contributed by atoms with Crippen molar-refractivity contribution in [1.82, 2.24) is 0 Å². The van der Waals surface area contributed by atoms with E-state index in [0.29, 0.717) is 27.2 Å². The highest BCUT2D eigenvalue weighted by atomic mass is 35.5. The molecule has 0 heterocycles. The van der Waals surface area contributed by atoms with Crippen LogP contribution in [0.2, 0.25) is 10.0 Å². The van der Waals surface area contributed by atoms with Gasteiger partial charge in [0.15, 0.2) is 0 Å². The Morgan fingerprint density at radius 2 is 1.95 bits per heavy atom. The van der Waals surface area contributed by atoms with E-state index in [2.05, 4.69) is 0 Å². The monoisotopic (exact) mass is 343 g/mol. The number of ether oxygens (including phenoxy) is 1. The van der Waals surface area contributed by atoms with Gasteiger partial charge in [0.1, 0.15) is 5.75 Å². The van der Waals surface area contributed by atoms with Crippen molar-refractivity contribution in [2.75, 3.05) is 7.11 Å².